The Hall–Kier alpha value is -3.27. The Balaban J connectivity index is 2.11. The molecule has 0 bridgehead atoms. The van der Waals surface area contributed by atoms with Crippen LogP contribution in [0.3, 0.4) is 0 Å². The minimum atomic E-state index is -4.28. The third-order valence-corrected chi connectivity index (χ3v) is 9.27. The highest BCUT2D eigenvalue weighted by molar-refractivity contribution is 7.92. The number of carbonyl (C=O) groups excluding carboxylic acids is 2. The molecule has 2 amide bonds. The first kappa shape index (κ1) is 33.2. The molecular weight excluding hydrogens is 597 g/mol. The summed E-state index contributed by atoms with van der Waals surface area (Å²) in [5.41, 5.74) is 1.64. The maximum atomic E-state index is 14.2. The molecule has 0 aliphatic heterocycles. The Kier molecular flexibility index (Phi) is 11.7. The van der Waals surface area contributed by atoms with Gasteiger partial charge in [-0.25, -0.2) is 8.42 Å². The highest BCUT2D eigenvalue weighted by atomic mass is 35.5. The van der Waals surface area contributed by atoms with E-state index in [2.05, 4.69) is 5.32 Å². The number of halogens is 2. The highest BCUT2D eigenvalue weighted by Gasteiger charge is 2.34. The standard InChI is InChI=1S/C31H37Cl2N3O5S/c1-6-22(4)34-31(38)28(7-2)35(19-23-9-8-10-25(17-23)41-5)30(37)20-36(29-18-24(32)13-16-27(29)33)42(39,40)26-14-11-21(3)12-15-26/h8-18,22,28H,6-7,19-20H2,1-5H3,(H,34,38)/t22-,28-/m1/s1. The van der Waals surface area contributed by atoms with Crippen molar-refractivity contribution in [3.63, 3.8) is 0 Å². The maximum Gasteiger partial charge on any atom is 0.264 e. The van der Waals surface area contributed by atoms with E-state index in [9.17, 15) is 18.0 Å². The fourth-order valence-corrected chi connectivity index (χ4v) is 6.22. The van der Waals surface area contributed by atoms with Gasteiger partial charge in [0.05, 0.1) is 22.7 Å². The number of amides is 2. The van der Waals surface area contributed by atoms with E-state index < -0.39 is 28.5 Å². The molecule has 0 aliphatic carbocycles. The van der Waals surface area contributed by atoms with Crippen LogP contribution in [0.4, 0.5) is 5.69 Å². The van der Waals surface area contributed by atoms with Gasteiger partial charge in [0.25, 0.3) is 10.0 Å². The predicted molar refractivity (Wildman–Crippen MR) is 168 cm³/mol. The minimum Gasteiger partial charge on any atom is -0.497 e. The number of hydrogen-bond acceptors (Lipinski definition) is 5. The molecule has 0 aromatic heterocycles. The predicted octanol–water partition coefficient (Wildman–Crippen LogP) is 6.23. The maximum absolute atomic E-state index is 14.2. The molecule has 8 nitrogen and oxygen atoms in total. The van der Waals surface area contributed by atoms with Gasteiger partial charge >= 0.3 is 0 Å². The van der Waals surface area contributed by atoms with Crippen molar-refractivity contribution in [1.29, 1.82) is 0 Å². The zero-order valence-corrected chi connectivity index (χ0v) is 26.8. The molecule has 0 aliphatic rings. The number of carbonyl (C=O) groups is 2. The Bertz CT molecular complexity index is 1500. The average molecular weight is 635 g/mol. The van der Waals surface area contributed by atoms with Crippen molar-refractivity contribution in [2.24, 2.45) is 0 Å². The van der Waals surface area contributed by atoms with Crippen LogP contribution in [0.5, 0.6) is 5.75 Å². The van der Waals surface area contributed by atoms with Crippen molar-refractivity contribution in [2.75, 3.05) is 18.0 Å². The molecule has 0 unspecified atom stereocenters. The summed E-state index contributed by atoms with van der Waals surface area (Å²) in [6, 6.07) is 16.9. The number of nitrogens with zero attached hydrogens (tertiary/aromatic N) is 2. The van der Waals surface area contributed by atoms with Crippen LogP contribution < -0.4 is 14.4 Å². The largest absolute Gasteiger partial charge is 0.497 e. The molecule has 3 rings (SSSR count). The number of nitrogens with one attached hydrogen (secondary N) is 1. The van der Waals surface area contributed by atoms with Gasteiger partial charge in [0.15, 0.2) is 0 Å². The fourth-order valence-electron chi connectivity index (χ4n) is 4.36. The molecule has 42 heavy (non-hydrogen) atoms. The van der Waals surface area contributed by atoms with Crippen LogP contribution >= 0.6 is 23.2 Å². The first-order chi connectivity index (χ1) is 19.9. The normalized spacial score (nSPS) is 12.7. The first-order valence-electron chi connectivity index (χ1n) is 13.7. The van der Waals surface area contributed by atoms with E-state index in [-0.39, 0.29) is 39.1 Å². The molecule has 226 valence electrons. The van der Waals surface area contributed by atoms with E-state index >= 15 is 0 Å². The second-order valence-corrected chi connectivity index (χ2v) is 12.7. The molecule has 11 heteroatoms. The second kappa shape index (κ2) is 14.8. The zero-order chi connectivity index (χ0) is 31.0. The molecule has 0 radical (unpaired) electrons. The van der Waals surface area contributed by atoms with Crippen LogP contribution in [0.1, 0.15) is 44.7 Å². The van der Waals surface area contributed by atoms with E-state index in [0.717, 1.165) is 9.87 Å². The number of benzene rings is 3. The molecule has 3 aromatic rings. The van der Waals surface area contributed by atoms with Crippen LogP contribution in [0.2, 0.25) is 10.0 Å². The smallest absolute Gasteiger partial charge is 0.264 e. The third kappa shape index (κ3) is 8.18. The number of rotatable bonds is 13. The van der Waals surface area contributed by atoms with Crippen LogP contribution in [0.15, 0.2) is 71.6 Å². The quantitative estimate of drug-likeness (QED) is 0.241. The van der Waals surface area contributed by atoms with E-state index in [1.165, 1.54) is 35.2 Å². The molecular formula is C31H37Cl2N3O5S. The van der Waals surface area contributed by atoms with E-state index in [1.54, 1.807) is 44.4 Å². The van der Waals surface area contributed by atoms with Gasteiger partial charge in [-0.3, -0.25) is 13.9 Å². The van der Waals surface area contributed by atoms with Crippen LogP contribution in [-0.4, -0.2) is 50.9 Å². The van der Waals surface area contributed by atoms with Gasteiger partial charge in [-0.15, -0.1) is 0 Å². The van der Waals surface area contributed by atoms with Crippen LogP contribution in [0, 0.1) is 6.92 Å². The third-order valence-electron chi connectivity index (χ3n) is 6.94. The SMILES string of the molecule is CC[C@@H](C)NC(=O)[C@@H](CC)N(Cc1cccc(OC)c1)C(=O)CN(c1cc(Cl)ccc1Cl)S(=O)(=O)c1ccc(C)cc1. The van der Waals surface area contributed by atoms with Crippen molar-refractivity contribution in [1.82, 2.24) is 10.2 Å². The summed E-state index contributed by atoms with van der Waals surface area (Å²) in [5, 5.41) is 3.31. The molecule has 0 heterocycles. The van der Waals surface area contributed by atoms with Crippen molar-refractivity contribution in [2.45, 2.75) is 64.1 Å². The lowest BCUT2D eigenvalue weighted by atomic mass is 10.1. The Morgan fingerprint density at radius 2 is 1.67 bits per heavy atom. The van der Waals surface area contributed by atoms with E-state index in [1.807, 2.05) is 26.8 Å². The molecule has 0 saturated heterocycles. The van der Waals surface area contributed by atoms with Crippen molar-refractivity contribution >= 4 is 50.7 Å². The monoisotopic (exact) mass is 633 g/mol. The van der Waals surface area contributed by atoms with E-state index in [4.69, 9.17) is 27.9 Å². The topological polar surface area (TPSA) is 96.0 Å². The number of sulfonamides is 1. The summed E-state index contributed by atoms with van der Waals surface area (Å²) in [6.45, 7) is 6.92. The number of anilines is 1. The van der Waals surface area contributed by atoms with Crippen molar-refractivity contribution in [3.05, 3.63) is 87.9 Å². The van der Waals surface area contributed by atoms with E-state index in [0.29, 0.717) is 24.2 Å². The summed E-state index contributed by atoms with van der Waals surface area (Å²) in [5.74, 6) is -0.321. The average Bonchev–Trinajstić information content (AvgIpc) is 2.97. The summed E-state index contributed by atoms with van der Waals surface area (Å²) in [6.07, 6.45) is 1.02. The van der Waals surface area contributed by atoms with Gasteiger partial charge in [-0.05, 0) is 74.7 Å². The fraction of sp³-hybridized carbons (Fsp3) is 0.355. The Morgan fingerprint density at radius 1 is 0.976 bits per heavy atom. The molecule has 1 N–H and O–H groups in total. The van der Waals surface area contributed by atoms with Crippen LogP contribution in [0.25, 0.3) is 0 Å². The number of aryl methyl sites for hydroxylation is 1. The summed E-state index contributed by atoms with van der Waals surface area (Å²) >= 11 is 12.7. The zero-order valence-electron chi connectivity index (χ0n) is 24.4. The van der Waals surface area contributed by atoms with Gasteiger partial charge in [-0.2, -0.15) is 0 Å². The van der Waals surface area contributed by atoms with Gasteiger partial charge in [0.1, 0.15) is 18.3 Å². The second-order valence-electron chi connectivity index (χ2n) is 10.0. The Labute approximate surface area is 258 Å². The first-order valence-corrected chi connectivity index (χ1v) is 15.9. The summed E-state index contributed by atoms with van der Waals surface area (Å²) in [7, 11) is -2.73. The Morgan fingerprint density at radius 3 is 2.29 bits per heavy atom. The lowest BCUT2D eigenvalue weighted by Crippen LogP contribution is -2.53. The molecule has 2 atom stereocenters. The molecule has 0 saturated carbocycles. The van der Waals surface area contributed by atoms with Gasteiger partial charge < -0.3 is 15.0 Å². The summed E-state index contributed by atoms with van der Waals surface area (Å²) < 4.78 is 34.3. The van der Waals surface area contributed by atoms with Crippen molar-refractivity contribution in [3.8, 4) is 5.75 Å². The lowest BCUT2D eigenvalue weighted by Gasteiger charge is -2.34. The number of methoxy groups -OCH3 is 1. The van der Waals surface area contributed by atoms with Crippen LogP contribution in [-0.2, 0) is 26.2 Å². The lowest BCUT2D eigenvalue weighted by molar-refractivity contribution is -0.140. The molecule has 0 fully saturated rings. The van der Waals surface area contributed by atoms with Gasteiger partial charge in [0.2, 0.25) is 11.8 Å². The van der Waals surface area contributed by atoms with Crippen molar-refractivity contribution < 1.29 is 22.7 Å². The van der Waals surface area contributed by atoms with Gasteiger partial charge in [0, 0.05) is 17.6 Å². The number of hydrogen-bond donors (Lipinski definition) is 1. The van der Waals surface area contributed by atoms with Gasteiger partial charge in [-0.1, -0.05) is 66.9 Å². The highest BCUT2D eigenvalue weighted by Crippen LogP contribution is 2.33. The molecule has 0 spiro atoms. The minimum absolute atomic E-state index is 0.0159. The summed E-state index contributed by atoms with van der Waals surface area (Å²) in [4.78, 5) is 29.0. The number of ether oxygens (including phenoxy) is 1. The molecule has 3 aromatic carbocycles.